The van der Waals surface area contributed by atoms with E-state index in [1.807, 2.05) is 18.2 Å². The van der Waals surface area contributed by atoms with Crippen molar-refractivity contribution in [2.45, 2.75) is 6.61 Å². The maximum Gasteiger partial charge on any atom is 0.257 e. The second-order valence-electron chi connectivity index (χ2n) is 6.33. The molecule has 0 aliphatic heterocycles. The highest BCUT2D eigenvalue weighted by molar-refractivity contribution is 7.80. The first-order valence-corrected chi connectivity index (χ1v) is 9.62. The predicted molar refractivity (Wildman–Crippen MR) is 120 cm³/mol. The van der Waals surface area contributed by atoms with Crippen LogP contribution in [0.4, 0.5) is 5.69 Å². The fourth-order valence-electron chi connectivity index (χ4n) is 2.92. The summed E-state index contributed by atoms with van der Waals surface area (Å²) in [4.78, 5) is 12.7. The Morgan fingerprint density at radius 3 is 2.32 bits per heavy atom. The van der Waals surface area contributed by atoms with Crippen LogP contribution in [0.5, 0.6) is 17.2 Å². The standard InChI is InChI=1S/C22H22N2O6S/c1-27-18-10-14(11-19(28-2)20(18)29-3)21(26)24-22(31)23-15-6-4-5-13(9-15)17-8-7-16(12-25)30-17/h4-11,25H,12H2,1-3H3,(H2,23,24,26,31). The van der Waals surface area contributed by atoms with Gasteiger partial charge >= 0.3 is 0 Å². The number of nitrogens with one attached hydrogen (secondary N) is 2. The third-order valence-electron chi connectivity index (χ3n) is 4.38. The Hall–Kier alpha value is -3.56. The quantitative estimate of drug-likeness (QED) is 0.477. The SMILES string of the molecule is COc1cc(C(=O)NC(=S)Nc2cccc(-c3ccc(CO)o3)c2)cc(OC)c1OC. The molecule has 2 aromatic carbocycles. The number of aliphatic hydroxyl groups excluding tert-OH is 1. The summed E-state index contributed by atoms with van der Waals surface area (Å²) in [6.45, 7) is -0.172. The Kier molecular flexibility index (Phi) is 7.11. The van der Waals surface area contributed by atoms with Crippen molar-refractivity contribution in [2.75, 3.05) is 26.6 Å². The van der Waals surface area contributed by atoms with Crippen LogP contribution in [0.15, 0.2) is 52.9 Å². The molecule has 3 N–H and O–H groups in total. The maximum atomic E-state index is 12.7. The van der Waals surface area contributed by atoms with Crippen molar-refractivity contribution in [2.24, 2.45) is 0 Å². The molecule has 1 aromatic heterocycles. The molecule has 0 aliphatic rings. The van der Waals surface area contributed by atoms with E-state index in [9.17, 15) is 4.79 Å². The minimum Gasteiger partial charge on any atom is -0.493 e. The lowest BCUT2D eigenvalue weighted by molar-refractivity contribution is 0.0977. The zero-order chi connectivity index (χ0) is 22.4. The minimum absolute atomic E-state index is 0.117. The van der Waals surface area contributed by atoms with Crippen LogP contribution < -0.4 is 24.8 Å². The number of aliphatic hydroxyl groups is 1. The second-order valence-corrected chi connectivity index (χ2v) is 6.74. The molecule has 8 nitrogen and oxygen atoms in total. The van der Waals surface area contributed by atoms with Crippen LogP contribution in [0, 0.1) is 0 Å². The van der Waals surface area contributed by atoms with Gasteiger partial charge in [-0.3, -0.25) is 10.1 Å². The molecule has 0 atom stereocenters. The molecular formula is C22H22N2O6S. The van der Waals surface area contributed by atoms with E-state index >= 15 is 0 Å². The smallest absolute Gasteiger partial charge is 0.257 e. The molecule has 0 spiro atoms. The van der Waals surface area contributed by atoms with Crippen molar-refractivity contribution in [3.8, 4) is 28.6 Å². The Morgan fingerprint density at radius 1 is 1.03 bits per heavy atom. The van der Waals surface area contributed by atoms with Gasteiger partial charge in [-0.1, -0.05) is 12.1 Å². The average Bonchev–Trinajstić information content (AvgIpc) is 3.27. The molecule has 9 heteroatoms. The number of thiocarbonyl (C=S) groups is 1. The monoisotopic (exact) mass is 442 g/mol. The third kappa shape index (κ3) is 5.14. The molecule has 3 aromatic rings. The normalized spacial score (nSPS) is 10.3. The van der Waals surface area contributed by atoms with Crippen LogP contribution >= 0.6 is 12.2 Å². The summed E-state index contributed by atoms with van der Waals surface area (Å²) in [6.07, 6.45) is 0. The number of anilines is 1. The van der Waals surface area contributed by atoms with Crippen molar-refractivity contribution in [3.05, 3.63) is 59.9 Å². The topological polar surface area (TPSA) is 102 Å². The largest absolute Gasteiger partial charge is 0.493 e. The highest BCUT2D eigenvalue weighted by Gasteiger charge is 2.18. The molecule has 0 unspecified atom stereocenters. The number of rotatable bonds is 7. The molecule has 0 radical (unpaired) electrons. The highest BCUT2D eigenvalue weighted by Crippen LogP contribution is 2.38. The summed E-state index contributed by atoms with van der Waals surface area (Å²) in [7, 11) is 4.43. The lowest BCUT2D eigenvalue weighted by Crippen LogP contribution is -2.34. The number of methoxy groups -OCH3 is 3. The molecule has 162 valence electrons. The van der Waals surface area contributed by atoms with Gasteiger partial charge in [-0.05, 0) is 48.6 Å². The highest BCUT2D eigenvalue weighted by atomic mass is 32.1. The molecule has 1 amide bonds. The minimum atomic E-state index is -0.438. The summed E-state index contributed by atoms with van der Waals surface area (Å²) >= 11 is 5.28. The van der Waals surface area contributed by atoms with Gasteiger partial charge in [0.25, 0.3) is 5.91 Å². The number of ether oxygens (including phenoxy) is 3. The van der Waals surface area contributed by atoms with Crippen molar-refractivity contribution in [1.29, 1.82) is 0 Å². The zero-order valence-corrected chi connectivity index (χ0v) is 18.0. The number of benzene rings is 2. The molecule has 31 heavy (non-hydrogen) atoms. The summed E-state index contributed by atoms with van der Waals surface area (Å²) in [5.41, 5.74) is 1.75. The summed E-state index contributed by atoms with van der Waals surface area (Å²) in [5, 5.41) is 14.9. The van der Waals surface area contributed by atoms with Crippen LogP contribution in [0.3, 0.4) is 0 Å². The van der Waals surface area contributed by atoms with Gasteiger partial charge in [-0.2, -0.15) is 0 Å². The third-order valence-corrected chi connectivity index (χ3v) is 4.58. The molecule has 1 heterocycles. The lowest BCUT2D eigenvalue weighted by Gasteiger charge is -2.15. The van der Waals surface area contributed by atoms with Crippen LogP contribution in [0.1, 0.15) is 16.1 Å². The van der Waals surface area contributed by atoms with Crippen molar-refractivity contribution < 1.29 is 28.5 Å². The van der Waals surface area contributed by atoms with Crippen molar-refractivity contribution in [3.63, 3.8) is 0 Å². The number of carbonyl (C=O) groups excluding carboxylic acids is 1. The van der Waals surface area contributed by atoms with E-state index in [2.05, 4.69) is 10.6 Å². The van der Waals surface area contributed by atoms with Crippen molar-refractivity contribution >= 4 is 28.9 Å². The number of hydrogen-bond donors (Lipinski definition) is 3. The molecular weight excluding hydrogens is 420 g/mol. The number of hydrogen-bond acceptors (Lipinski definition) is 7. The fourth-order valence-corrected chi connectivity index (χ4v) is 3.13. The predicted octanol–water partition coefficient (Wildman–Crippen LogP) is 3.59. The van der Waals surface area contributed by atoms with E-state index in [0.717, 1.165) is 5.56 Å². The Labute approximate surface area is 184 Å². The Balaban J connectivity index is 1.72. The van der Waals surface area contributed by atoms with E-state index in [1.54, 1.807) is 18.2 Å². The second kappa shape index (κ2) is 9.96. The number of furan rings is 1. The molecule has 0 saturated heterocycles. The van der Waals surface area contributed by atoms with Crippen molar-refractivity contribution in [1.82, 2.24) is 5.32 Å². The first kappa shape index (κ1) is 22.1. The van der Waals surface area contributed by atoms with Gasteiger partial charge in [0, 0.05) is 16.8 Å². The summed E-state index contributed by atoms with van der Waals surface area (Å²) in [6, 6.07) is 13.9. The number of amides is 1. The van der Waals surface area contributed by atoms with E-state index in [-0.39, 0.29) is 11.7 Å². The lowest BCUT2D eigenvalue weighted by atomic mass is 10.1. The molecule has 0 saturated carbocycles. The Bertz CT molecular complexity index is 1070. The van der Waals surface area contributed by atoms with Gasteiger partial charge in [0.1, 0.15) is 18.1 Å². The van der Waals surface area contributed by atoms with Gasteiger partial charge in [0.2, 0.25) is 5.75 Å². The van der Waals surface area contributed by atoms with Crippen LogP contribution in [0.2, 0.25) is 0 Å². The van der Waals surface area contributed by atoms with Gasteiger partial charge in [0.05, 0.1) is 21.3 Å². The van der Waals surface area contributed by atoms with E-state index in [0.29, 0.717) is 40.0 Å². The van der Waals surface area contributed by atoms with Gasteiger partial charge in [-0.15, -0.1) is 0 Å². The van der Waals surface area contributed by atoms with Gasteiger partial charge < -0.3 is 29.1 Å². The Morgan fingerprint density at radius 2 is 1.74 bits per heavy atom. The fraction of sp³-hybridized carbons (Fsp3) is 0.182. The average molecular weight is 442 g/mol. The van der Waals surface area contributed by atoms with E-state index < -0.39 is 5.91 Å². The number of carbonyl (C=O) groups is 1. The van der Waals surface area contributed by atoms with Crippen LogP contribution in [0.25, 0.3) is 11.3 Å². The summed E-state index contributed by atoms with van der Waals surface area (Å²) in [5.74, 6) is 1.76. The molecule has 3 rings (SSSR count). The molecule has 0 fully saturated rings. The molecule has 0 aliphatic carbocycles. The maximum absolute atomic E-state index is 12.7. The van der Waals surface area contributed by atoms with E-state index in [1.165, 1.54) is 33.5 Å². The molecule has 0 bridgehead atoms. The van der Waals surface area contributed by atoms with Crippen LogP contribution in [-0.2, 0) is 6.61 Å². The van der Waals surface area contributed by atoms with Gasteiger partial charge in [0.15, 0.2) is 16.6 Å². The zero-order valence-electron chi connectivity index (χ0n) is 17.2. The summed E-state index contributed by atoms with van der Waals surface area (Å²) < 4.78 is 21.4. The first-order valence-electron chi connectivity index (χ1n) is 9.21. The first-order chi connectivity index (χ1) is 15.0. The van der Waals surface area contributed by atoms with Gasteiger partial charge in [-0.25, -0.2) is 0 Å². The van der Waals surface area contributed by atoms with Crippen LogP contribution in [-0.4, -0.2) is 37.5 Å². The van der Waals surface area contributed by atoms with E-state index in [4.69, 9.17) is 36.0 Å².